The second kappa shape index (κ2) is 4.97. The normalized spacial score (nSPS) is 23.3. The fourth-order valence-corrected chi connectivity index (χ4v) is 3.26. The first-order chi connectivity index (χ1) is 8.45. The lowest BCUT2D eigenvalue weighted by Crippen LogP contribution is -2.42. The molecule has 1 aromatic carbocycles. The molecule has 0 saturated heterocycles. The van der Waals surface area contributed by atoms with E-state index < -0.39 is 22.4 Å². The van der Waals surface area contributed by atoms with Crippen molar-refractivity contribution < 1.29 is 13.5 Å². The van der Waals surface area contributed by atoms with Gasteiger partial charge in [0.05, 0.1) is 12.1 Å². The fraction of sp³-hybridized carbons (Fsp3) is 0.500. The van der Waals surface area contributed by atoms with Crippen LogP contribution in [0.15, 0.2) is 24.3 Å². The average Bonchev–Trinajstić information content (AvgIpc) is 2.65. The summed E-state index contributed by atoms with van der Waals surface area (Å²) in [6.45, 7) is 2.15. The van der Waals surface area contributed by atoms with Gasteiger partial charge in [0.25, 0.3) is 10.2 Å². The molecule has 6 heteroatoms. The highest BCUT2D eigenvalue weighted by Crippen LogP contribution is 2.31. The molecule has 2 rings (SSSR count). The molecule has 1 aliphatic rings. The predicted molar refractivity (Wildman–Crippen MR) is 69.3 cm³/mol. The number of aliphatic hydroxyl groups excluding tert-OH is 1. The van der Waals surface area contributed by atoms with Crippen LogP contribution in [0.25, 0.3) is 0 Å². The molecule has 0 radical (unpaired) electrons. The molecule has 0 amide bonds. The van der Waals surface area contributed by atoms with Gasteiger partial charge in [-0.15, -0.1) is 0 Å². The number of aliphatic hydroxyl groups is 1. The third-order valence-electron chi connectivity index (χ3n) is 3.34. The van der Waals surface area contributed by atoms with Gasteiger partial charge in [-0.2, -0.15) is 17.4 Å². The van der Waals surface area contributed by atoms with E-state index in [9.17, 15) is 13.5 Å². The number of hydrogen-bond donors (Lipinski definition) is 2. The standard InChI is InChI=1S/C12H18N2O3S/c1-3-14(2)18(16,17)13-12-10-7-5-4-6-9(10)8-11(12)15/h4-7,11-13,15H,3,8H2,1-2H3. The first-order valence-corrected chi connectivity index (χ1v) is 7.39. The lowest BCUT2D eigenvalue weighted by Gasteiger charge is -2.22. The van der Waals surface area contributed by atoms with E-state index in [2.05, 4.69) is 4.72 Å². The molecular weight excluding hydrogens is 252 g/mol. The van der Waals surface area contributed by atoms with E-state index in [1.165, 1.54) is 11.4 Å². The third-order valence-corrected chi connectivity index (χ3v) is 4.97. The van der Waals surface area contributed by atoms with Crippen molar-refractivity contribution in [1.29, 1.82) is 0 Å². The van der Waals surface area contributed by atoms with Gasteiger partial charge in [-0.05, 0) is 11.1 Å². The molecule has 0 bridgehead atoms. The highest BCUT2D eigenvalue weighted by molar-refractivity contribution is 7.87. The number of fused-ring (bicyclic) bond motifs is 1. The van der Waals surface area contributed by atoms with Gasteiger partial charge in [0, 0.05) is 20.0 Å². The van der Waals surface area contributed by atoms with E-state index in [0.29, 0.717) is 13.0 Å². The summed E-state index contributed by atoms with van der Waals surface area (Å²) in [6.07, 6.45) is -0.221. The summed E-state index contributed by atoms with van der Waals surface area (Å²) in [5.74, 6) is 0. The van der Waals surface area contributed by atoms with Crippen LogP contribution in [0.5, 0.6) is 0 Å². The molecule has 0 saturated carbocycles. The summed E-state index contributed by atoms with van der Waals surface area (Å²) in [5.41, 5.74) is 1.86. The maximum absolute atomic E-state index is 12.0. The van der Waals surface area contributed by atoms with Crippen LogP contribution >= 0.6 is 0 Å². The summed E-state index contributed by atoms with van der Waals surface area (Å²) >= 11 is 0. The molecule has 1 aromatic rings. The van der Waals surface area contributed by atoms with E-state index in [1.807, 2.05) is 24.3 Å². The molecular formula is C12H18N2O3S. The minimum absolute atomic E-state index is 0.389. The molecule has 100 valence electrons. The maximum Gasteiger partial charge on any atom is 0.279 e. The smallest absolute Gasteiger partial charge is 0.279 e. The van der Waals surface area contributed by atoms with Crippen LogP contribution in [-0.4, -0.2) is 37.5 Å². The quantitative estimate of drug-likeness (QED) is 0.833. The molecule has 0 fully saturated rings. The van der Waals surface area contributed by atoms with Gasteiger partial charge in [0.1, 0.15) is 0 Å². The topological polar surface area (TPSA) is 69.6 Å². The zero-order chi connectivity index (χ0) is 13.3. The molecule has 5 nitrogen and oxygen atoms in total. The highest BCUT2D eigenvalue weighted by Gasteiger charge is 2.34. The Bertz CT molecular complexity index is 530. The van der Waals surface area contributed by atoms with Crippen LogP contribution in [0, 0.1) is 0 Å². The summed E-state index contributed by atoms with van der Waals surface area (Å²) in [6, 6.07) is 6.95. The van der Waals surface area contributed by atoms with E-state index in [0.717, 1.165) is 11.1 Å². The van der Waals surface area contributed by atoms with Crippen LogP contribution in [0.4, 0.5) is 0 Å². The van der Waals surface area contributed by atoms with Crippen molar-refractivity contribution in [2.75, 3.05) is 13.6 Å². The van der Waals surface area contributed by atoms with Crippen molar-refractivity contribution in [2.45, 2.75) is 25.5 Å². The van der Waals surface area contributed by atoms with Gasteiger partial charge in [0.2, 0.25) is 0 Å². The van der Waals surface area contributed by atoms with Crippen molar-refractivity contribution in [3.63, 3.8) is 0 Å². The van der Waals surface area contributed by atoms with Crippen LogP contribution in [0.3, 0.4) is 0 Å². The summed E-state index contributed by atoms with van der Waals surface area (Å²) in [4.78, 5) is 0. The minimum Gasteiger partial charge on any atom is -0.391 e. The lowest BCUT2D eigenvalue weighted by molar-refractivity contribution is 0.151. The Labute approximate surface area is 108 Å². The van der Waals surface area contributed by atoms with Crippen molar-refractivity contribution in [1.82, 2.24) is 9.03 Å². The first-order valence-electron chi connectivity index (χ1n) is 5.95. The Morgan fingerprint density at radius 3 is 2.78 bits per heavy atom. The number of hydrogen-bond acceptors (Lipinski definition) is 3. The van der Waals surface area contributed by atoms with Crippen molar-refractivity contribution in [3.05, 3.63) is 35.4 Å². The highest BCUT2D eigenvalue weighted by atomic mass is 32.2. The lowest BCUT2D eigenvalue weighted by atomic mass is 10.1. The summed E-state index contributed by atoms with van der Waals surface area (Å²) in [5, 5.41) is 9.98. The van der Waals surface area contributed by atoms with Crippen LogP contribution in [0.2, 0.25) is 0 Å². The van der Waals surface area contributed by atoms with Gasteiger partial charge < -0.3 is 5.11 Å². The van der Waals surface area contributed by atoms with Gasteiger partial charge in [-0.3, -0.25) is 0 Å². The van der Waals surface area contributed by atoms with E-state index in [4.69, 9.17) is 0 Å². The minimum atomic E-state index is -3.55. The van der Waals surface area contributed by atoms with Crippen LogP contribution in [-0.2, 0) is 16.6 Å². The Kier molecular flexibility index (Phi) is 3.72. The molecule has 0 aliphatic heterocycles. The molecule has 0 aromatic heterocycles. The molecule has 0 heterocycles. The average molecular weight is 270 g/mol. The second-order valence-corrected chi connectivity index (χ2v) is 6.29. The number of nitrogens with zero attached hydrogens (tertiary/aromatic N) is 1. The van der Waals surface area contributed by atoms with Gasteiger partial charge >= 0.3 is 0 Å². The molecule has 1 aliphatic carbocycles. The van der Waals surface area contributed by atoms with E-state index in [-0.39, 0.29) is 0 Å². The van der Waals surface area contributed by atoms with Crippen molar-refractivity contribution in [2.24, 2.45) is 0 Å². The number of rotatable bonds is 4. The monoisotopic (exact) mass is 270 g/mol. The Hall–Kier alpha value is -0.950. The van der Waals surface area contributed by atoms with E-state index >= 15 is 0 Å². The summed E-state index contributed by atoms with van der Waals surface area (Å²) in [7, 11) is -2.04. The molecule has 2 atom stereocenters. The van der Waals surface area contributed by atoms with Crippen LogP contribution < -0.4 is 4.72 Å². The Morgan fingerprint density at radius 1 is 1.44 bits per heavy atom. The Balaban J connectivity index is 2.25. The molecule has 0 spiro atoms. The van der Waals surface area contributed by atoms with Crippen molar-refractivity contribution in [3.8, 4) is 0 Å². The van der Waals surface area contributed by atoms with Crippen molar-refractivity contribution >= 4 is 10.2 Å². The predicted octanol–water partition coefficient (Wildman–Crippen LogP) is 0.431. The van der Waals surface area contributed by atoms with Gasteiger partial charge in [-0.1, -0.05) is 31.2 Å². The molecule has 2 unspecified atom stereocenters. The number of benzene rings is 1. The zero-order valence-corrected chi connectivity index (χ0v) is 11.3. The molecule has 2 N–H and O–H groups in total. The largest absolute Gasteiger partial charge is 0.391 e. The third kappa shape index (κ3) is 2.42. The molecule has 18 heavy (non-hydrogen) atoms. The van der Waals surface area contributed by atoms with E-state index in [1.54, 1.807) is 6.92 Å². The van der Waals surface area contributed by atoms with Gasteiger partial charge in [0.15, 0.2) is 0 Å². The van der Waals surface area contributed by atoms with Gasteiger partial charge in [-0.25, -0.2) is 0 Å². The fourth-order valence-electron chi connectivity index (χ4n) is 2.14. The zero-order valence-electron chi connectivity index (χ0n) is 10.5. The Morgan fingerprint density at radius 2 is 2.11 bits per heavy atom. The number of nitrogens with one attached hydrogen (secondary N) is 1. The maximum atomic E-state index is 12.0. The summed E-state index contributed by atoms with van der Waals surface area (Å²) < 4.78 is 27.7. The SMILES string of the molecule is CCN(C)S(=O)(=O)NC1c2ccccc2CC1O. The first kappa shape index (κ1) is 13.5. The second-order valence-electron chi connectivity index (χ2n) is 4.49. The van der Waals surface area contributed by atoms with Crippen LogP contribution in [0.1, 0.15) is 24.1 Å².